The number of carbonyl (C=O) groups excluding carboxylic acids is 1. The van der Waals surface area contributed by atoms with E-state index in [1.54, 1.807) is 0 Å². The summed E-state index contributed by atoms with van der Waals surface area (Å²) in [6.45, 7) is 4.67. The van der Waals surface area contributed by atoms with E-state index in [1.165, 1.54) is 4.90 Å². The average Bonchev–Trinajstić information content (AvgIpc) is 3.00. The highest BCUT2D eigenvalue weighted by molar-refractivity contribution is 7.99. The quantitative estimate of drug-likeness (QED) is 0.499. The maximum absolute atomic E-state index is 12.3. The zero-order chi connectivity index (χ0) is 18.4. The van der Waals surface area contributed by atoms with Gasteiger partial charge in [-0.2, -0.15) is 5.10 Å². The minimum absolute atomic E-state index is 0.0328. The number of amides is 1. The molecule has 0 bridgehead atoms. The van der Waals surface area contributed by atoms with Crippen molar-refractivity contribution in [2.75, 3.05) is 12.3 Å². The third-order valence-electron chi connectivity index (χ3n) is 4.00. The first kappa shape index (κ1) is 18.3. The number of hydrogen-bond donors (Lipinski definition) is 1. The maximum atomic E-state index is 12.3. The van der Waals surface area contributed by atoms with Crippen LogP contribution in [0, 0.1) is 13.8 Å². The zero-order valence-electron chi connectivity index (χ0n) is 15.1. The first-order valence-electron chi connectivity index (χ1n) is 8.73. The standard InChI is InChI=1S/C21H23N3OS/c1-16-15-17(2)24(23-16)19-11-9-18(10-12-19)21(25)22-13-6-14-26-20-7-4-3-5-8-20/h3-5,7-12,15H,6,13-14H2,1-2H3,(H,22,25). The lowest BCUT2D eigenvalue weighted by molar-refractivity contribution is 0.0954. The van der Waals surface area contributed by atoms with Gasteiger partial charge in [0.25, 0.3) is 5.91 Å². The summed E-state index contributed by atoms with van der Waals surface area (Å²) >= 11 is 1.81. The number of nitrogens with zero attached hydrogens (tertiary/aromatic N) is 2. The monoisotopic (exact) mass is 365 g/mol. The summed E-state index contributed by atoms with van der Waals surface area (Å²) in [6, 6.07) is 19.9. The Morgan fingerprint density at radius 3 is 2.46 bits per heavy atom. The molecule has 26 heavy (non-hydrogen) atoms. The molecule has 0 saturated carbocycles. The van der Waals surface area contributed by atoms with Gasteiger partial charge in [-0.25, -0.2) is 4.68 Å². The lowest BCUT2D eigenvalue weighted by atomic mass is 10.2. The molecular formula is C21H23N3OS. The van der Waals surface area contributed by atoms with Crippen LogP contribution in [0.4, 0.5) is 0 Å². The number of rotatable bonds is 7. The predicted octanol–water partition coefficient (Wildman–Crippen LogP) is 4.40. The van der Waals surface area contributed by atoms with E-state index in [4.69, 9.17) is 0 Å². The van der Waals surface area contributed by atoms with Gasteiger partial charge in [-0.05, 0) is 68.5 Å². The van der Waals surface area contributed by atoms with Gasteiger partial charge in [-0.3, -0.25) is 4.79 Å². The van der Waals surface area contributed by atoms with Crippen LogP contribution in [0.5, 0.6) is 0 Å². The molecule has 3 aromatic rings. The normalized spacial score (nSPS) is 10.7. The molecule has 3 rings (SSSR count). The second kappa shape index (κ2) is 8.72. The predicted molar refractivity (Wildman–Crippen MR) is 107 cm³/mol. The molecular weight excluding hydrogens is 342 g/mol. The van der Waals surface area contributed by atoms with Crippen molar-refractivity contribution in [2.24, 2.45) is 0 Å². The van der Waals surface area contributed by atoms with Crippen LogP contribution in [0.15, 0.2) is 65.6 Å². The minimum atomic E-state index is -0.0328. The van der Waals surface area contributed by atoms with E-state index in [-0.39, 0.29) is 5.91 Å². The van der Waals surface area contributed by atoms with Crippen LogP contribution in [0.2, 0.25) is 0 Å². The second-order valence-corrected chi connectivity index (χ2v) is 7.33. The molecule has 0 saturated heterocycles. The summed E-state index contributed by atoms with van der Waals surface area (Å²) in [7, 11) is 0. The van der Waals surface area contributed by atoms with Crippen LogP contribution in [0.1, 0.15) is 28.2 Å². The first-order valence-corrected chi connectivity index (χ1v) is 9.72. The highest BCUT2D eigenvalue weighted by Gasteiger charge is 2.07. The summed E-state index contributed by atoms with van der Waals surface area (Å²) in [5, 5.41) is 7.45. The highest BCUT2D eigenvalue weighted by atomic mass is 32.2. The average molecular weight is 366 g/mol. The molecule has 4 nitrogen and oxygen atoms in total. The smallest absolute Gasteiger partial charge is 0.251 e. The Morgan fingerprint density at radius 2 is 1.81 bits per heavy atom. The van der Waals surface area contributed by atoms with Crippen LogP contribution in [0.3, 0.4) is 0 Å². The number of benzene rings is 2. The molecule has 1 amide bonds. The van der Waals surface area contributed by atoms with E-state index in [9.17, 15) is 4.79 Å². The summed E-state index contributed by atoms with van der Waals surface area (Å²) < 4.78 is 1.89. The van der Waals surface area contributed by atoms with Crippen molar-refractivity contribution >= 4 is 17.7 Å². The molecule has 0 radical (unpaired) electrons. The zero-order valence-corrected chi connectivity index (χ0v) is 15.9. The van der Waals surface area contributed by atoms with Gasteiger partial charge in [0, 0.05) is 22.7 Å². The Bertz CT molecular complexity index is 857. The lowest BCUT2D eigenvalue weighted by Crippen LogP contribution is -2.24. The Balaban J connectivity index is 1.47. The fourth-order valence-electron chi connectivity index (χ4n) is 2.73. The third-order valence-corrected chi connectivity index (χ3v) is 5.10. The van der Waals surface area contributed by atoms with Crippen molar-refractivity contribution in [1.82, 2.24) is 15.1 Å². The van der Waals surface area contributed by atoms with Crippen molar-refractivity contribution < 1.29 is 4.79 Å². The molecule has 1 heterocycles. The second-order valence-electron chi connectivity index (χ2n) is 6.16. The van der Waals surface area contributed by atoms with E-state index in [1.807, 2.05) is 78.8 Å². The molecule has 0 aliphatic heterocycles. The van der Waals surface area contributed by atoms with Gasteiger partial charge in [0.05, 0.1) is 11.4 Å². The molecule has 1 aromatic heterocycles. The van der Waals surface area contributed by atoms with Gasteiger partial charge in [-0.1, -0.05) is 18.2 Å². The number of aryl methyl sites for hydroxylation is 2. The van der Waals surface area contributed by atoms with Crippen molar-refractivity contribution in [3.05, 3.63) is 77.6 Å². The number of nitrogens with one attached hydrogen (secondary N) is 1. The lowest BCUT2D eigenvalue weighted by Gasteiger charge is -2.07. The maximum Gasteiger partial charge on any atom is 0.251 e. The first-order chi connectivity index (χ1) is 12.6. The summed E-state index contributed by atoms with van der Waals surface area (Å²) in [5.41, 5.74) is 3.70. The van der Waals surface area contributed by atoms with Crippen LogP contribution in [-0.2, 0) is 0 Å². The fraction of sp³-hybridized carbons (Fsp3) is 0.238. The SMILES string of the molecule is Cc1cc(C)n(-c2ccc(C(=O)NCCCSc3ccccc3)cc2)n1. The van der Waals surface area contributed by atoms with E-state index >= 15 is 0 Å². The molecule has 0 spiro atoms. The van der Waals surface area contributed by atoms with Crippen molar-refractivity contribution in [2.45, 2.75) is 25.2 Å². The molecule has 0 aliphatic rings. The van der Waals surface area contributed by atoms with Gasteiger partial charge >= 0.3 is 0 Å². The molecule has 2 aromatic carbocycles. The van der Waals surface area contributed by atoms with Gasteiger partial charge in [0.15, 0.2) is 0 Å². The molecule has 5 heteroatoms. The van der Waals surface area contributed by atoms with E-state index in [2.05, 4.69) is 22.5 Å². The number of thioether (sulfide) groups is 1. The molecule has 0 unspecified atom stereocenters. The molecule has 0 aliphatic carbocycles. The van der Waals surface area contributed by atoms with Crippen molar-refractivity contribution in [3.8, 4) is 5.69 Å². The molecule has 0 fully saturated rings. The molecule has 0 atom stereocenters. The minimum Gasteiger partial charge on any atom is -0.352 e. The van der Waals surface area contributed by atoms with Gasteiger partial charge < -0.3 is 5.32 Å². The molecule has 1 N–H and O–H groups in total. The van der Waals surface area contributed by atoms with Crippen molar-refractivity contribution in [3.63, 3.8) is 0 Å². The van der Waals surface area contributed by atoms with E-state index in [0.717, 1.165) is 29.2 Å². The van der Waals surface area contributed by atoms with Crippen LogP contribution in [0.25, 0.3) is 5.69 Å². The highest BCUT2D eigenvalue weighted by Crippen LogP contribution is 2.17. The summed E-state index contributed by atoms with van der Waals surface area (Å²) in [4.78, 5) is 13.5. The third kappa shape index (κ3) is 4.76. The summed E-state index contributed by atoms with van der Waals surface area (Å²) in [5.74, 6) is 0.955. The Morgan fingerprint density at radius 1 is 1.08 bits per heavy atom. The van der Waals surface area contributed by atoms with Crippen molar-refractivity contribution in [1.29, 1.82) is 0 Å². The van der Waals surface area contributed by atoms with Gasteiger partial charge in [0.1, 0.15) is 0 Å². The Kier molecular flexibility index (Phi) is 6.12. The Labute approximate surface area is 158 Å². The topological polar surface area (TPSA) is 46.9 Å². The summed E-state index contributed by atoms with van der Waals surface area (Å²) in [6.07, 6.45) is 0.940. The van der Waals surface area contributed by atoms with Crippen LogP contribution < -0.4 is 5.32 Å². The number of hydrogen-bond acceptors (Lipinski definition) is 3. The van der Waals surface area contributed by atoms with Crippen LogP contribution >= 0.6 is 11.8 Å². The number of aromatic nitrogens is 2. The largest absolute Gasteiger partial charge is 0.352 e. The fourth-order valence-corrected chi connectivity index (χ4v) is 3.60. The van der Waals surface area contributed by atoms with E-state index in [0.29, 0.717) is 12.1 Å². The van der Waals surface area contributed by atoms with E-state index < -0.39 is 0 Å². The van der Waals surface area contributed by atoms with Gasteiger partial charge in [0.2, 0.25) is 0 Å². The van der Waals surface area contributed by atoms with Crippen LogP contribution in [-0.4, -0.2) is 28.0 Å². The van der Waals surface area contributed by atoms with Gasteiger partial charge in [-0.15, -0.1) is 11.8 Å². The molecule has 134 valence electrons. The number of carbonyl (C=O) groups is 1. The Hall–Kier alpha value is -2.53.